The van der Waals surface area contributed by atoms with Crippen LogP contribution in [-0.2, 0) is 0 Å². The first-order chi connectivity index (χ1) is 13.8. The first kappa shape index (κ1) is 18.6. The number of aryl methyl sites for hydroxylation is 1. The Kier molecular flexibility index (Phi) is 4.47. The van der Waals surface area contributed by atoms with Crippen LogP contribution in [0.4, 0.5) is 15.8 Å². The number of hydrogen-bond acceptors (Lipinski definition) is 6. The number of nitrogens with one attached hydrogen (secondary N) is 1. The predicted octanol–water partition coefficient (Wildman–Crippen LogP) is 4.38. The fourth-order valence-corrected chi connectivity index (χ4v) is 3.84. The van der Waals surface area contributed by atoms with Crippen molar-refractivity contribution in [3.63, 3.8) is 0 Å². The summed E-state index contributed by atoms with van der Waals surface area (Å²) in [4.78, 5) is 28.3. The minimum absolute atomic E-state index is 0.0540. The summed E-state index contributed by atoms with van der Waals surface area (Å²) >= 11 is 1.14. The molecule has 0 bridgehead atoms. The standard InChI is InChI=1S/C19H13FN4O4S/c1-10-17(18(26)21-14-8-13(24(27)28)6-7-16(14)25)29-19-22-15(9-23(10)19)11-2-4-12(20)5-3-11/h2-9,25H,1H3,(H,21,26). The molecule has 0 aliphatic carbocycles. The molecule has 0 spiro atoms. The normalized spacial score (nSPS) is 11.0. The molecule has 0 unspecified atom stereocenters. The van der Waals surface area contributed by atoms with Crippen molar-refractivity contribution in [3.8, 4) is 17.0 Å². The number of rotatable bonds is 4. The predicted molar refractivity (Wildman–Crippen MR) is 106 cm³/mol. The largest absolute Gasteiger partial charge is 0.506 e. The molecule has 2 heterocycles. The van der Waals surface area contributed by atoms with Gasteiger partial charge in [0.25, 0.3) is 11.6 Å². The molecule has 2 aromatic carbocycles. The van der Waals surface area contributed by atoms with Crippen molar-refractivity contribution in [2.24, 2.45) is 0 Å². The van der Waals surface area contributed by atoms with Crippen LogP contribution in [0.1, 0.15) is 15.4 Å². The van der Waals surface area contributed by atoms with Crippen molar-refractivity contribution >= 4 is 33.6 Å². The molecule has 29 heavy (non-hydrogen) atoms. The lowest BCUT2D eigenvalue weighted by atomic mass is 10.2. The van der Waals surface area contributed by atoms with Crippen LogP contribution in [-0.4, -0.2) is 25.3 Å². The minimum atomic E-state index is -0.615. The van der Waals surface area contributed by atoms with Crippen LogP contribution in [0.15, 0.2) is 48.7 Å². The summed E-state index contributed by atoms with van der Waals surface area (Å²) in [6.07, 6.45) is 1.75. The highest BCUT2D eigenvalue weighted by Crippen LogP contribution is 2.31. The number of hydrogen-bond donors (Lipinski definition) is 2. The van der Waals surface area contributed by atoms with Crippen molar-refractivity contribution in [2.45, 2.75) is 6.92 Å². The molecule has 0 atom stereocenters. The van der Waals surface area contributed by atoms with Crippen LogP contribution in [0, 0.1) is 22.9 Å². The van der Waals surface area contributed by atoms with E-state index in [0.29, 0.717) is 21.2 Å². The number of aromatic hydroxyl groups is 1. The van der Waals surface area contributed by atoms with Crippen molar-refractivity contribution in [1.82, 2.24) is 9.38 Å². The molecule has 0 aliphatic heterocycles. The highest BCUT2D eigenvalue weighted by atomic mass is 32.1. The summed E-state index contributed by atoms with van der Waals surface area (Å²) in [6.45, 7) is 1.74. The maximum Gasteiger partial charge on any atom is 0.271 e. The third-order valence-corrected chi connectivity index (χ3v) is 5.50. The molecule has 2 N–H and O–H groups in total. The van der Waals surface area contributed by atoms with Gasteiger partial charge in [-0.3, -0.25) is 19.3 Å². The number of non-ortho nitro benzene ring substituents is 1. The van der Waals surface area contributed by atoms with Gasteiger partial charge in [0.2, 0.25) is 0 Å². The Balaban J connectivity index is 1.64. The number of fused-ring (bicyclic) bond motifs is 1. The molecule has 0 saturated heterocycles. The first-order valence-electron chi connectivity index (χ1n) is 8.36. The third-order valence-electron chi connectivity index (χ3n) is 4.34. The van der Waals surface area contributed by atoms with E-state index in [9.17, 15) is 24.4 Å². The molecule has 0 saturated carbocycles. The molecule has 0 aliphatic rings. The Morgan fingerprint density at radius 2 is 2.00 bits per heavy atom. The molecule has 0 radical (unpaired) electrons. The van der Waals surface area contributed by atoms with E-state index in [1.807, 2.05) is 0 Å². The van der Waals surface area contributed by atoms with Gasteiger partial charge in [0, 0.05) is 29.6 Å². The topological polar surface area (TPSA) is 110 Å². The van der Waals surface area contributed by atoms with Crippen LogP contribution in [0.25, 0.3) is 16.2 Å². The molecule has 1 amide bonds. The molecule has 2 aromatic heterocycles. The van der Waals surface area contributed by atoms with Gasteiger partial charge < -0.3 is 10.4 Å². The van der Waals surface area contributed by atoms with Crippen LogP contribution < -0.4 is 5.32 Å². The molecular formula is C19H13FN4O4S. The van der Waals surface area contributed by atoms with Crippen molar-refractivity contribution in [2.75, 3.05) is 5.32 Å². The third kappa shape index (κ3) is 3.41. The zero-order valence-electron chi connectivity index (χ0n) is 14.9. The Hall–Kier alpha value is -3.79. The van der Waals surface area contributed by atoms with Gasteiger partial charge in [-0.2, -0.15) is 0 Å². The quantitative estimate of drug-likeness (QED) is 0.294. The van der Waals surface area contributed by atoms with E-state index in [-0.39, 0.29) is 22.9 Å². The maximum atomic E-state index is 13.1. The molecular weight excluding hydrogens is 399 g/mol. The summed E-state index contributed by atoms with van der Waals surface area (Å²) < 4.78 is 14.8. The number of halogens is 1. The smallest absolute Gasteiger partial charge is 0.271 e. The first-order valence-corrected chi connectivity index (χ1v) is 9.18. The van der Waals surface area contributed by atoms with E-state index in [2.05, 4.69) is 10.3 Å². The second kappa shape index (κ2) is 6.99. The summed E-state index contributed by atoms with van der Waals surface area (Å²) in [5.41, 5.74) is 1.70. The van der Waals surface area contributed by atoms with Gasteiger partial charge in [0.05, 0.1) is 16.3 Å². The molecule has 0 fully saturated rings. The monoisotopic (exact) mass is 412 g/mol. The number of thiazole rings is 1. The van der Waals surface area contributed by atoms with E-state index in [1.54, 1.807) is 29.7 Å². The Bertz CT molecular complexity index is 1260. The number of amides is 1. The number of anilines is 1. The van der Waals surface area contributed by atoms with Gasteiger partial charge in [-0.15, -0.1) is 0 Å². The fraction of sp³-hybridized carbons (Fsp3) is 0.0526. The number of carbonyl (C=O) groups is 1. The van der Waals surface area contributed by atoms with Crippen molar-refractivity contribution in [1.29, 1.82) is 0 Å². The number of aromatic nitrogens is 2. The molecule has 4 aromatic rings. The Morgan fingerprint density at radius 3 is 2.66 bits per heavy atom. The highest BCUT2D eigenvalue weighted by molar-refractivity contribution is 7.19. The second-order valence-corrected chi connectivity index (χ2v) is 7.19. The van der Waals surface area contributed by atoms with Crippen LogP contribution in [0.5, 0.6) is 5.75 Å². The number of nitro benzene ring substituents is 1. The fourth-order valence-electron chi connectivity index (χ4n) is 2.84. The second-order valence-electron chi connectivity index (χ2n) is 6.21. The van der Waals surface area contributed by atoms with Gasteiger partial charge in [-0.25, -0.2) is 9.37 Å². The highest BCUT2D eigenvalue weighted by Gasteiger charge is 2.20. The van der Waals surface area contributed by atoms with Crippen molar-refractivity contribution < 1.29 is 19.2 Å². The Morgan fingerprint density at radius 1 is 1.28 bits per heavy atom. The number of carbonyl (C=O) groups excluding carboxylic acids is 1. The molecule has 4 rings (SSSR count). The number of nitro groups is 1. The lowest BCUT2D eigenvalue weighted by molar-refractivity contribution is -0.384. The number of phenols is 1. The van der Waals surface area contributed by atoms with Crippen LogP contribution in [0.3, 0.4) is 0 Å². The van der Waals surface area contributed by atoms with Gasteiger partial charge in [0.1, 0.15) is 16.4 Å². The van der Waals surface area contributed by atoms with Crippen LogP contribution in [0.2, 0.25) is 0 Å². The zero-order valence-corrected chi connectivity index (χ0v) is 15.7. The number of nitrogens with zero attached hydrogens (tertiary/aromatic N) is 3. The van der Waals surface area contributed by atoms with Crippen LogP contribution >= 0.6 is 11.3 Å². The number of imidazole rings is 1. The number of phenolic OH excluding ortho intramolecular Hbond substituents is 1. The van der Waals surface area contributed by atoms with Crippen molar-refractivity contribution in [3.05, 3.63) is 75.2 Å². The number of benzene rings is 2. The van der Waals surface area contributed by atoms with E-state index < -0.39 is 10.8 Å². The summed E-state index contributed by atoms with van der Waals surface area (Å²) in [5, 5.41) is 23.3. The molecule has 146 valence electrons. The maximum absolute atomic E-state index is 13.1. The Labute approximate surface area is 167 Å². The SMILES string of the molecule is Cc1c(C(=O)Nc2cc([N+](=O)[O-])ccc2O)sc2nc(-c3ccc(F)cc3)cn12. The van der Waals surface area contributed by atoms with E-state index in [4.69, 9.17) is 0 Å². The lowest BCUT2D eigenvalue weighted by Crippen LogP contribution is -2.12. The minimum Gasteiger partial charge on any atom is -0.506 e. The van der Waals surface area contributed by atoms with Gasteiger partial charge in [-0.05, 0) is 37.3 Å². The molecule has 8 nitrogen and oxygen atoms in total. The van der Waals surface area contributed by atoms with Gasteiger partial charge in [-0.1, -0.05) is 11.3 Å². The summed E-state index contributed by atoms with van der Waals surface area (Å²) in [6, 6.07) is 9.32. The van der Waals surface area contributed by atoms with Gasteiger partial charge >= 0.3 is 0 Å². The molecule has 10 heteroatoms. The van der Waals surface area contributed by atoms with Gasteiger partial charge in [0.15, 0.2) is 4.96 Å². The van der Waals surface area contributed by atoms with E-state index in [1.165, 1.54) is 12.1 Å². The van der Waals surface area contributed by atoms with E-state index in [0.717, 1.165) is 35.1 Å². The van der Waals surface area contributed by atoms with E-state index >= 15 is 0 Å². The average molecular weight is 412 g/mol. The summed E-state index contributed by atoms with van der Waals surface area (Å²) in [5.74, 6) is -1.13. The zero-order chi connectivity index (χ0) is 20.7. The lowest BCUT2D eigenvalue weighted by Gasteiger charge is -2.06. The average Bonchev–Trinajstić information content (AvgIpc) is 3.23. The summed E-state index contributed by atoms with van der Waals surface area (Å²) in [7, 11) is 0.